The summed E-state index contributed by atoms with van der Waals surface area (Å²) in [6.45, 7) is 5.52. The van der Waals surface area contributed by atoms with Crippen LogP contribution in [0, 0.1) is 0 Å². The lowest BCUT2D eigenvalue weighted by molar-refractivity contribution is 0.00672. The topological polar surface area (TPSA) is 35.5 Å². The van der Waals surface area contributed by atoms with Crippen LogP contribution in [0.4, 0.5) is 0 Å². The van der Waals surface area contributed by atoms with Gasteiger partial charge in [-0.05, 0) is 48.8 Å². The number of methoxy groups -OCH3 is 1. The summed E-state index contributed by atoms with van der Waals surface area (Å²) >= 11 is 6.76. The predicted molar refractivity (Wildman–Crippen MR) is 78.5 cm³/mol. The maximum Gasteiger partial charge on any atom is 0.340 e. The van der Waals surface area contributed by atoms with E-state index >= 15 is 0 Å². The van der Waals surface area contributed by atoms with Gasteiger partial charge in [0.2, 0.25) is 0 Å². The van der Waals surface area contributed by atoms with Crippen molar-refractivity contribution in [2.24, 2.45) is 0 Å². The second-order valence-corrected chi connectivity index (χ2v) is 6.15. The summed E-state index contributed by atoms with van der Waals surface area (Å²) in [7, 11) is 1.58. The quantitative estimate of drug-likeness (QED) is 0.579. The molecule has 3 nitrogen and oxygen atoms in total. The summed E-state index contributed by atoms with van der Waals surface area (Å²) in [5.74, 6) is 0.304. The summed E-state index contributed by atoms with van der Waals surface area (Å²) in [5.41, 5.74) is 0.755. The minimum absolute atomic E-state index is 0.359. The largest absolute Gasteiger partial charge is 0.496 e. The fourth-order valence-electron chi connectivity index (χ4n) is 1.47. The molecule has 0 aliphatic rings. The van der Waals surface area contributed by atoms with Crippen LogP contribution in [0.1, 0.15) is 36.7 Å². The van der Waals surface area contributed by atoms with Gasteiger partial charge < -0.3 is 9.47 Å². The van der Waals surface area contributed by atoms with Crippen molar-refractivity contribution >= 4 is 37.8 Å². The van der Waals surface area contributed by atoms with E-state index in [1.54, 1.807) is 13.2 Å². The Labute approximate surface area is 124 Å². The van der Waals surface area contributed by atoms with Gasteiger partial charge in [-0.2, -0.15) is 0 Å². The Morgan fingerprint density at radius 1 is 1.33 bits per heavy atom. The van der Waals surface area contributed by atoms with Crippen LogP contribution in [0.3, 0.4) is 0 Å². The monoisotopic (exact) mass is 378 g/mol. The van der Waals surface area contributed by atoms with Crippen molar-refractivity contribution < 1.29 is 14.3 Å². The molecule has 0 aliphatic heterocycles. The third-order valence-corrected chi connectivity index (χ3v) is 3.40. The maximum atomic E-state index is 12.2. The van der Waals surface area contributed by atoms with Gasteiger partial charge >= 0.3 is 5.97 Å². The Bertz CT molecular complexity index is 450. The van der Waals surface area contributed by atoms with Crippen LogP contribution in [0.5, 0.6) is 5.75 Å². The Morgan fingerprint density at radius 2 is 1.94 bits per heavy atom. The van der Waals surface area contributed by atoms with E-state index in [0.717, 1.165) is 5.56 Å². The third-order valence-electron chi connectivity index (χ3n) is 2.18. The van der Waals surface area contributed by atoms with Crippen LogP contribution in [-0.2, 0) is 10.1 Å². The highest BCUT2D eigenvalue weighted by atomic mass is 79.9. The lowest BCUT2D eigenvalue weighted by Crippen LogP contribution is -2.25. The zero-order valence-corrected chi connectivity index (χ0v) is 14.0. The first kappa shape index (κ1) is 15.5. The van der Waals surface area contributed by atoms with E-state index in [-0.39, 0.29) is 5.97 Å². The van der Waals surface area contributed by atoms with Gasteiger partial charge in [-0.15, -0.1) is 0 Å². The molecule has 0 bridgehead atoms. The first-order chi connectivity index (χ1) is 8.30. The third kappa shape index (κ3) is 3.72. The molecule has 1 rings (SSSR count). The Morgan fingerprint density at radius 3 is 2.39 bits per heavy atom. The highest BCUT2D eigenvalue weighted by Gasteiger charge is 2.24. The molecule has 0 aromatic heterocycles. The van der Waals surface area contributed by atoms with Gasteiger partial charge in [-0.1, -0.05) is 15.9 Å². The molecule has 0 unspecified atom stereocenters. The molecule has 0 fully saturated rings. The highest BCUT2D eigenvalue weighted by Crippen LogP contribution is 2.32. The number of alkyl halides is 1. The van der Waals surface area contributed by atoms with Crippen molar-refractivity contribution in [2.75, 3.05) is 7.11 Å². The smallest absolute Gasteiger partial charge is 0.340 e. The van der Waals surface area contributed by atoms with Crippen LogP contribution < -0.4 is 4.74 Å². The molecule has 5 heteroatoms. The molecule has 0 saturated carbocycles. The molecule has 0 atom stereocenters. The van der Waals surface area contributed by atoms with Gasteiger partial charge in [0.15, 0.2) is 0 Å². The average Bonchev–Trinajstić information content (AvgIpc) is 2.25. The first-order valence-electron chi connectivity index (χ1n) is 5.45. The number of ether oxygens (including phenoxy) is 2. The molecule has 0 heterocycles. The second kappa shape index (κ2) is 6.06. The number of benzene rings is 1. The SMILES string of the molecule is COc1ccc(Br)c(C(=O)OC(C)(C)C)c1CBr. The normalized spacial score (nSPS) is 11.2. The number of carbonyl (C=O) groups is 1. The van der Waals surface area contributed by atoms with Crippen molar-refractivity contribution in [1.82, 2.24) is 0 Å². The van der Waals surface area contributed by atoms with E-state index in [9.17, 15) is 4.79 Å². The molecule has 0 amide bonds. The van der Waals surface area contributed by atoms with Crippen molar-refractivity contribution in [2.45, 2.75) is 31.7 Å². The van der Waals surface area contributed by atoms with Crippen LogP contribution in [0.15, 0.2) is 16.6 Å². The fraction of sp³-hybridized carbons (Fsp3) is 0.462. The second-order valence-electron chi connectivity index (χ2n) is 4.74. The minimum atomic E-state index is -0.525. The summed E-state index contributed by atoms with van der Waals surface area (Å²) in [6.07, 6.45) is 0. The van der Waals surface area contributed by atoms with Gasteiger partial charge in [0.25, 0.3) is 0 Å². The van der Waals surface area contributed by atoms with Crippen LogP contribution >= 0.6 is 31.9 Å². The molecule has 0 saturated heterocycles. The van der Waals surface area contributed by atoms with Crippen molar-refractivity contribution in [3.05, 3.63) is 27.7 Å². The summed E-state index contributed by atoms with van der Waals surface area (Å²) in [4.78, 5) is 12.2. The standard InChI is InChI=1S/C13H16Br2O3/c1-13(2,3)18-12(16)11-8(7-14)10(17-4)6-5-9(11)15/h5-6H,7H2,1-4H3. The molecule has 18 heavy (non-hydrogen) atoms. The molecule has 0 spiro atoms. The number of rotatable bonds is 3. The number of esters is 1. The lowest BCUT2D eigenvalue weighted by atomic mass is 10.1. The Hall–Kier alpha value is -0.550. The van der Waals surface area contributed by atoms with Gasteiger partial charge in [0.05, 0.1) is 12.7 Å². The molecular formula is C13H16Br2O3. The molecular weight excluding hydrogens is 364 g/mol. The predicted octanol–water partition coefficient (Wildman–Crippen LogP) is 4.31. The molecule has 1 aromatic carbocycles. The van der Waals surface area contributed by atoms with E-state index in [0.29, 0.717) is 21.1 Å². The van der Waals surface area contributed by atoms with Crippen LogP contribution in [0.2, 0.25) is 0 Å². The van der Waals surface area contributed by atoms with E-state index in [1.165, 1.54) is 0 Å². The van der Waals surface area contributed by atoms with Crippen molar-refractivity contribution in [3.63, 3.8) is 0 Å². The molecule has 0 aliphatic carbocycles. The number of hydrogen-bond acceptors (Lipinski definition) is 3. The first-order valence-corrected chi connectivity index (χ1v) is 7.36. The van der Waals surface area contributed by atoms with E-state index < -0.39 is 5.60 Å². The van der Waals surface area contributed by atoms with Gasteiger partial charge in [-0.25, -0.2) is 4.79 Å². The summed E-state index contributed by atoms with van der Waals surface area (Å²) in [6, 6.07) is 3.60. The summed E-state index contributed by atoms with van der Waals surface area (Å²) < 4.78 is 11.4. The summed E-state index contributed by atoms with van der Waals surface area (Å²) in [5, 5.41) is 0.518. The molecule has 0 N–H and O–H groups in total. The van der Waals surface area contributed by atoms with E-state index in [2.05, 4.69) is 31.9 Å². The minimum Gasteiger partial charge on any atom is -0.496 e. The van der Waals surface area contributed by atoms with Gasteiger partial charge in [0, 0.05) is 15.4 Å². The zero-order valence-electron chi connectivity index (χ0n) is 10.8. The fourth-order valence-corrected chi connectivity index (χ4v) is 2.56. The van der Waals surface area contributed by atoms with Crippen molar-refractivity contribution in [3.8, 4) is 5.75 Å². The number of hydrogen-bond donors (Lipinski definition) is 0. The number of carbonyl (C=O) groups excluding carboxylic acids is 1. The molecule has 0 radical (unpaired) electrons. The van der Waals surface area contributed by atoms with Crippen LogP contribution in [-0.4, -0.2) is 18.7 Å². The molecule has 100 valence electrons. The van der Waals surface area contributed by atoms with E-state index in [1.807, 2.05) is 26.8 Å². The number of halogens is 2. The van der Waals surface area contributed by atoms with Crippen LogP contribution in [0.25, 0.3) is 0 Å². The molecule has 1 aromatic rings. The van der Waals surface area contributed by atoms with Crippen molar-refractivity contribution in [1.29, 1.82) is 0 Å². The average molecular weight is 380 g/mol. The maximum absolute atomic E-state index is 12.2. The Kier molecular flexibility index (Phi) is 5.22. The Balaban J connectivity index is 3.26. The van der Waals surface area contributed by atoms with E-state index in [4.69, 9.17) is 9.47 Å². The van der Waals surface area contributed by atoms with Gasteiger partial charge in [0.1, 0.15) is 11.4 Å². The highest BCUT2D eigenvalue weighted by molar-refractivity contribution is 9.10. The zero-order chi connectivity index (χ0) is 13.9. The van der Waals surface area contributed by atoms with Gasteiger partial charge in [-0.3, -0.25) is 0 Å². The lowest BCUT2D eigenvalue weighted by Gasteiger charge is -2.21.